The third-order valence-electron chi connectivity index (χ3n) is 15.2. The molecule has 2 saturated heterocycles. The van der Waals surface area contributed by atoms with Crippen LogP contribution in [-0.2, 0) is 28.5 Å². The number of hydrogen-bond acceptors (Lipinski definition) is 8. The van der Waals surface area contributed by atoms with E-state index in [0.29, 0.717) is 95.4 Å². The van der Waals surface area contributed by atoms with Gasteiger partial charge in [-0.3, -0.25) is 9.59 Å². The molecule has 0 radical (unpaired) electrons. The van der Waals surface area contributed by atoms with E-state index < -0.39 is 0 Å². The molecule has 6 rings (SSSR count). The van der Waals surface area contributed by atoms with E-state index in [1.165, 1.54) is 44.9 Å². The van der Waals surface area contributed by atoms with Gasteiger partial charge in [-0.15, -0.1) is 0 Å². The molecule has 12 atom stereocenters. The molecule has 0 amide bonds. The molecule has 0 bridgehead atoms. The molecule has 6 fully saturated rings. The fourth-order valence-electron chi connectivity index (χ4n) is 13.4. The molecule has 2 heterocycles. The first kappa shape index (κ1) is 43.4. The first-order chi connectivity index (χ1) is 25.9. The van der Waals surface area contributed by atoms with Crippen LogP contribution in [0.15, 0.2) is 0 Å². The third kappa shape index (κ3) is 10.7. The topological polar surface area (TPSA) is 95.1 Å². The van der Waals surface area contributed by atoms with Gasteiger partial charge >= 0.3 is 11.9 Å². The lowest BCUT2D eigenvalue weighted by Crippen LogP contribution is -2.54. The zero-order chi connectivity index (χ0) is 39.8. The van der Waals surface area contributed by atoms with Crippen molar-refractivity contribution in [2.45, 2.75) is 202 Å². The van der Waals surface area contributed by atoms with Crippen molar-refractivity contribution in [1.29, 1.82) is 0 Å². The molecule has 0 aromatic heterocycles. The Bertz CT molecular complexity index is 1200. The zero-order valence-corrected chi connectivity index (χ0v) is 36.8. The number of esters is 2. The summed E-state index contributed by atoms with van der Waals surface area (Å²) in [7, 11) is 0. The van der Waals surface area contributed by atoms with Crippen LogP contribution in [0.4, 0.5) is 0 Å². The number of carbonyl (C=O) groups excluding carboxylic acids is 2. The van der Waals surface area contributed by atoms with Crippen molar-refractivity contribution in [1.82, 2.24) is 10.6 Å². The average molecular weight is 771 g/mol. The van der Waals surface area contributed by atoms with Gasteiger partial charge in [0.1, 0.15) is 0 Å². The van der Waals surface area contributed by atoms with Gasteiger partial charge < -0.3 is 29.6 Å². The van der Waals surface area contributed by atoms with E-state index in [2.05, 4.69) is 66.0 Å². The lowest BCUT2D eigenvalue weighted by atomic mass is 9.73. The molecule has 2 N–H and O–H groups in total. The van der Waals surface area contributed by atoms with Crippen LogP contribution in [0.2, 0.25) is 0 Å². The summed E-state index contributed by atoms with van der Waals surface area (Å²) in [4.78, 5) is 25.8. The first-order valence-electron chi connectivity index (χ1n) is 23.0. The van der Waals surface area contributed by atoms with E-state index in [9.17, 15) is 9.59 Å². The molecular weight excluding hydrogens is 689 g/mol. The van der Waals surface area contributed by atoms with Crippen molar-refractivity contribution < 1.29 is 28.5 Å². The zero-order valence-electron chi connectivity index (χ0n) is 36.8. The average Bonchev–Trinajstić information content (AvgIpc) is 3.78. The normalized spacial score (nSPS) is 37.3. The maximum absolute atomic E-state index is 12.9. The number of carbonyl (C=O) groups is 2. The summed E-state index contributed by atoms with van der Waals surface area (Å²) in [6.45, 7) is 25.8. The summed E-state index contributed by atoms with van der Waals surface area (Å²) in [5, 5.41) is 7.70. The summed E-state index contributed by atoms with van der Waals surface area (Å²) >= 11 is 0. The quantitative estimate of drug-likeness (QED) is 0.105. The third-order valence-corrected chi connectivity index (χ3v) is 15.2. The van der Waals surface area contributed by atoms with Crippen LogP contribution in [0, 0.1) is 57.2 Å². The van der Waals surface area contributed by atoms with Crippen LogP contribution in [0.5, 0.6) is 0 Å². The minimum atomic E-state index is -0.113. The van der Waals surface area contributed by atoms with E-state index in [1.807, 2.05) is 13.8 Å². The van der Waals surface area contributed by atoms with Gasteiger partial charge in [0, 0.05) is 12.1 Å². The number of hydrogen-bond donors (Lipinski definition) is 2. The smallest absolute Gasteiger partial charge is 0.307 e. The van der Waals surface area contributed by atoms with Gasteiger partial charge in [-0.25, -0.2) is 0 Å². The standard InChI is InChI=1S/C47H82N2O6/c1-11-52-40(50)20-36(42-34-26-44(3,4)22-30(34)32-24-46(7,8)28-38(32)54-42)48-18-16-14-13-15-17-19-49-37(21-41(51)53-12-2)43-35-27-45(5,6)23-31(35)33-25-47(9,10)29-39(33)55-43/h30-39,42-43,48-49H,11-29H2,1-10H3/t30-,31-,32-,33-,34-,35-,36-,37+,38-,39-,42+,43+/m1/s1. The molecular formula is C47H82N2O6. The molecule has 6 aliphatic rings. The molecule has 0 unspecified atom stereocenters. The van der Waals surface area contributed by atoms with E-state index in [4.69, 9.17) is 18.9 Å². The lowest BCUT2D eigenvalue weighted by molar-refractivity contribution is -0.155. The SMILES string of the molecule is CCOC(=O)C[C@H](NCCCCCCCN[C@H](CC(=O)OCC)[C@H]1O[C@@H]2CC(C)(C)C[C@@H]2[C@H]2CC(C)(C)C[C@H]21)[C@H]1O[C@@H]2CC(C)(C)C[C@@H]2[C@H]2CC(C)(C)C[C@H]21. The van der Waals surface area contributed by atoms with Crippen LogP contribution in [0.25, 0.3) is 0 Å². The summed E-state index contributed by atoms with van der Waals surface area (Å²) in [6.07, 6.45) is 16.8. The Morgan fingerprint density at radius 2 is 0.836 bits per heavy atom. The van der Waals surface area contributed by atoms with Crippen molar-refractivity contribution in [3.63, 3.8) is 0 Å². The van der Waals surface area contributed by atoms with Gasteiger partial charge in [-0.2, -0.15) is 0 Å². The van der Waals surface area contributed by atoms with E-state index in [1.54, 1.807) is 0 Å². The fraction of sp³-hybridized carbons (Fsp3) is 0.957. The van der Waals surface area contributed by atoms with Crippen LogP contribution in [-0.4, -0.2) is 74.7 Å². The molecule has 8 heteroatoms. The second-order valence-electron chi connectivity index (χ2n) is 22.5. The number of rotatable bonds is 18. The van der Waals surface area contributed by atoms with Crippen LogP contribution < -0.4 is 10.6 Å². The Labute approximate surface area is 335 Å². The van der Waals surface area contributed by atoms with E-state index in [0.717, 1.165) is 51.6 Å². The maximum Gasteiger partial charge on any atom is 0.307 e. The highest BCUT2D eigenvalue weighted by atomic mass is 16.5. The predicted molar refractivity (Wildman–Crippen MR) is 219 cm³/mol. The molecule has 4 saturated carbocycles. The van der Waals surface area contributed by atoms with Gasteiger partial charge in [0.2, 0.25) is 0 Å². The molecule has 0 spiro atoms. The fourth-order valence-corrected chi connectivity index (χ4v) is 13.4. The number of nitrogens with one attached hydrogen (secondary N) is 2. The maximum atomic E-state index is 12.9. The lowest BCUT2D eigenvalue weighted by Gasteiger charge is -2.45. The van der Waals surface area contributed by atoms with Crippen LogP contribution in [0.3, 0.4) is 0 Å². The van der Waals surface area contributed by atoms with Gasteiger partial charge in [-0.05, 0) is 148 Å². The Balaban J connectivity index is 0.990. The van der Waals surface area contributed by atoms with Gasteiger partial charge in [0.25, 0.3) is 0 Å². The van der Waals surface area contributed by atoms with Gasteiger partial charge in [0.05, 0.1) is 50.5 Å². The van der Waals surface area contributed by atoms with Gasteiger partial charge in [-0.1, -0.05) is 74.7 Å². The molecule has 316 valence electrons. The van der Waals surface area contributed by atoms with Crippen molar-refractivity contribution >= 4 is 11.9 Å². The molecule has 4 aliphatic carbocycles. The van der Waals surface area contributed by atoms with Gasteiger partial charge in [0.15, 0.2) is 0 Å². The van der Waals surface area contributed by atoms with Crippen LogP contribution in [0.1, 0.15) is 166 Å². The van der Waals surface area contributed by atoms with E-state index >= 15 is 0 Å². The summed E-state index contributed by atoms with van der Waals surface area (Å²) in [6, 6.07) is -0.0217. The van der Waals surface area contributed by atoms with Crippen molar-refractivity contribution in [3.05, 3.63) is 0 Å². The summed E-state index contributed by atoms with van der Waals surface area (Å²) < 4.78 is 25.1. The highest BCUT2D eigenvalue weighted by Crippen LogP contribution is 2.61. The first-order valence-corrected chi connectivity index (χ1v) is 23.0. The second kappa shape index (κ2) is 17.6. The van der Waals surface area contributed by atoms with Crippen molar-refractivity contribution in [3.8, 4) is 0 Å². The largest absolute Gasteiger partial charge is 0.466 e. The highest BCUT2D eigenvalue weighted by molar-refractivity contribution is 5.70. The molecule has 0 aromatic rings. The number of fused-ring (bicyclic) bond motifs is 6. The van der Waals surface area contributed by atoms with Crippen molar-refractivity contribution in [2.24, 2.45) is 57.2 Å². The minimum Gasteiger partial charge on any atom is -0.466 e. The highest BCUT2D eigenvalue weighted by Gasteiger charge is 2.59. The van der Waals surface area contributed by atoms with E-state index in [-0.39, 0.29) is 36.2 Å². The molecule has 0 aromatic carbocycles. The summed E-state index contributed by atoms with van der Waals surface area (Å²) in [5.74, 6) is 3.41. The number of unbranched alkanes of at least 4 members (excludes halogenated alkanes) is 4. The van der Waals surface area contributed by atoms with Crippen molar-refractivity contribution in [2.75, 3.05) is 26.3 Å². The molecule has 2 aliphatic heterocycles. The Morgan fingerprint density at radius 3 is 1.22 bits per heavy atom. The Hall–Kier alpha value is -1.22. The monoisotopic (exact) mass is 771 g/mol. The molecule has 55 heavy (non-hydrogen) atoms. The Morgan fingerprint density at radius 1 is 0.509 bits per heavy atom. The number of ether oxygens (including phenoxy) is 4. The summed E-state index contributed by atoms with van der Waals surface area (Å²) in [5.41, 5.74) is 1.27. The molecule has 8 nitrogen and oxygen atoms in total. The Kier molecular flexibility index (Phi) is 13.8. The van der Waals surface area contributed by atoms with Crippen LogP contribution >= 0.6 is 0 Å². The predicted octanol–water partition coefficient (Wildman–Crippen LogP) is 9.27. The minimum absolute atomic E-state index is 0.0109. The second-order valence-corrected chi connectivity index (χ2v) is 22.5.